The second kappa shape index (κ2) is 11.0. The van der Waals surface area contributed by atoms with Crippen LogP contribution in [0.1, 0.15) is 30.6 Å². The molecule has 0 spiro atoms. The molecule has 0 saturated carbocycles. The first kappa shape index (κ1) is 23.9. The molecule has 0 bridgehead atoms. The Morgan fingerprint density at radius 2 is 2.07 bits per heavy atom. The van der Waals surface area contributed by atoms with Gasteiger partial charge in [-0.15, -0.1) is 12.4 Å². The second-order valence-corrected chi connectivity index (χ2v) is 7.06. The van der Waals surface area contributed by atoms with Gasteiger partial charge in [-0.3, -0.25) is 19.7 Å². The molecule has 28 heavy (non-hydrogen) atoms. The number of nitrogens with zero attached hydrogens (tertiary/aromatic N) is 1. The van der Waals surface area contributed by atoms with Gasteiger partial charge in [-0.25, -0.2) is 0 Å². The van der Waals surface area contributed by atoms with E-state index in [1.807, 2.05) is 19.9 Å². The highest BCUT2D eigenvalue weighted by Gasteiger charge is 2.26. The number of amides is 2. The predicted molar refractivity (Wildman–Crippen MR) is 110 cm³/mol. The van der Waals surface area contributed by atoms with E-state index in [0.717, 1.165) is 31.1 Å². The number of benzene rings is 1. The summed E-state index contributed by atoms with van der Waals surface area (Å²) in [4.78, 5) is 35.2. The van der Waals surface area contributed by atoms with Gasteiger partial charge in [-0.05, 0) is 24.9 Å². The predicted octanol–water partition coefficient (Wildman–Crippen LogP) is 2.46. The average molecular weight is 431 g/mol. The van der Waals surface area contributed by atoms with Gasteiger partial charge in [0.2, 0.25) is 5.91 Å². The molecule has 1 heterocycles. The van der Waals surface area contributed by atoms with E-state index in [1.54, 1.807) is 0 Å². The van der Waals surface area contributed by atoms with Crippen LogP contribution in [0, 0.1) is 16.0 Å². The Morgan fingerprint density at radius 1 is 1.36 bits per heavy atom. The van der Waals surface area contributed by atoms with E-state index in [1.165, 1.54) is 12.1 Å². The summed E-state index contributed by atoms with van der Waals surface area (Å²) >= 11 is 5.99. The zero-order valence-electron chi connectivity index (χ0n) is 15.7. The molecule has 0 radical (unpaired) electrons. The Hall–Kier alpha value is -2.16. The number of hydrogen-bond acceptors (Lipinski definition) is 5. The number of halogens is 2. The second-order valence-electron chi connectivity index (χ2n) is 6.65. The van der Waals surface area contributed by atoms with Crippen molar-refractivity contribution in [2.24, 2.45) is 5.92 Å². The molecule has 1 aliphatic rings. The minimum absolute atomic E-state index is 0. The average Bonchev–Trinajstić information content (AvgIpc) is 2.64. The van der Waals surface area contributed by atoms with Crippen LogP contribution in [0.25, 0.3) is 0 Å². The maximum atomic E-state index is 12.5. The normalized spacial score (nSPS) is 14.5. The van der Waals surface area contributed by atoms with Gasteiger partial charge in [0.15, 0.2) is 0 Å². The van der Waals surface area contributed by atoms with Gasteiger partial charge in [-0.1, -0.05) is 37.1 Å². The number of hydrogen-bond donors (Lipinski definition) is 3. The van der Waals surface area contributed by atoms with Crippen LogP contribution in [-0.2, 0) is 4.79 Å². The van der Waals surface area contributed by atoms with E-state index in [2.05, 4.69) is 16.0 Å². The van der Waals surface area contributed by atoms with E-state index in [0.29, 0.717) is 6.54 Å². The summed E-state index contributed by atoms with van der Waals surface area (Å²) in [6, 6.07) is 2.86. The number of carbonyl (C=O) groups excluding carboxylic acids is 2. The summed E-state index contributed by atoms with van der Waals surface area (Å²) < 4.78 is 0. The fraction of sp³-hybridized carbons (Fsp3) is 0.444. The van der Waals surface area contributed by atoms with E-state index >= 15 is 0 Å². The molecule has 10 heteroatoms. The van der Waals surface area contributed by atoms with Gasteiger partial charge in [0.05, 0.1) is 15.5 Å². The first-order valence-electron chi connectivity index (χ1n) is 8.70. The molecule has 2 amide bonds. The zero-order chi connectivity index (χ0) is 20.0. The maximum Gasteiger partial charge on any atom is 0.270 e. The molecule has 1 aliphatic heterocycles. The maximum absolute atomic E-state index is 12.5. The minimum Gasteiger partial charge on any atom is -0.351 e. The number of nitro benzene ring substituents is 1. The molecule has 0 saturated heterocycles. The van der Waals surface area contributed by atoms with Crippen LogP contribution in [0.3, 0.4) is 0 Å². The largest absolute Gasteiger partial charge is 0.351 e. The van der Waals surface area contributed by atoms with E-state index in [-0.39, 0.29) is 40.5 Å². The first-order chi connectivity index (χ1) is 12.8. The van der Waals surface area contributed by atoms with Crippen molar-refractivity contribution in [2.45, 2.75) is 26.3 Å². The highest BCUT2D eigenvalue weighted by molar-refractivity contribution is 6.34. The van der Waals surface area contributed by atoms with Gasteiger partial charge >= 0.3 is 0 Å². The monoisotopic (exact) mass is 430 g/mol. The number of non-ortho nitro benzene ring substituents is 1. The minimum atomic E-state index is -0.744. The quantitative estimate of drug-likeness (QED) is 0.349. The van der Waals surface area contributed by atoms with Gasteiger partial charge in [0.25, 0.3) is 11.6 Å². The van der Waals surface area contributed by atoms with Crippen molar-refractivity contribution in [3.8, 4) is 0 Å². The van der Waals surface area contributed by atoms with Crippen LogP contribution in [0.5, 0.6) is 0 Å². The summed E-state index contributed by atoms with van der Waals surface area (Å²) in [5, 5.41) is 19.5. The van der Waals surface area contributed by atoms with Gasteiger partial charge in [-0.2, -0.15) is 0 Å². The fourth-order valence-electron chi connectivity index (χ4n) is 2.70. The van der Waals surface area contributed by atoms with Crippen molar-refractivity contribution >= 4 is 41.5 Å². The molecule has 1 unspecified atom stereocenters. The molecule has 0 aromatic heterocycles. The van der Waals surface area contributed by atoms with E-state index in [4.69, 9.17) is 11.6 Å². The fourth-order valence-corrected chi connectivity index (χ4v) is 2.96. The van der Waals surface area contributed by atoms with Crippen LogP contribution in [0.2, 0.25) is 5.02 Å². The number of nitro groups is 1. The Labute approximate surface area is 174 Å². The van der Waals surface area contributed by atoms with Gasteiger partial charge < -0.3 is 16.0 Å². The van der Waals surface area contributed by atoms with Crippen molar-refractivity contribution in [1.82, 2.24) is 16.0 Å². The first-order valence-corrected chi connectivity index (χ1v) is 9.08. The summed E-state index contributed by atoms with van der Waals surface area (Å²) in [6.45, 7) is 5.76. The van der Waals surface area contributed by atoms with Crippen molar-refractivity contribution in [3.63, 3.8) is 0 Å². The zero-order valence-corrected chi connectivity index (χ0v) is 17.2. The Morgan fingerprint density at radius 3 is 2.61 bits per heavy atom. The summed E-state index contributed by atoms with van der Waals surface area (Å²) in [5.74, 6) is -0.978. The number of rotatable bonds is 7. The van der Waals surface area contributed by atoms with Gasteiger partial charge in [0.1, 0.15) is 6.04 Å². The van der Waals surface area contributed by atoms with Crippen LogP contribution >= 0.6 is 24.0 Å². The lowest BCUT2D eigenvalue weighted by Crippen LogP contribution is -2.50. The molecule has 1 atom stereocenters. The highest BCUT2D eigenvalue weighted by atomic mass is 35.5. The lowest BCUT2D eigenvalue weighted by molar-refractivity contribution is -0.384. The SMILES string of the molecule is CC(C)C(NC(=O)c1ccc([N+](=O)[O-])cc1Cl)C(=O)NCC1=CCNCC1.Cl. The van der Waals surface area contributed by atoms with Crippen LogP contribution in [0.15, 0.2) is 29.8 Å². The molecule has 0 fully saturated rings. The molecular weight excluding hydrogens is 407 g/mol. The Kier molecular flexibility index (Phi) is 9.37. The van der Waals surface area contributed by atoms with Crippen molar-refractivity contribution in [1.29, 1.82) is 0 Å². The number of nitrogens with one attached hydrogen (secondary N) is 3. The third kappa shape index (κ3) is 6.47. The smallest absolute Gasteiger partial charge is 0.270 e. The summed E-state index contributed by atoms with van der Waals surface area (Å²) in [7, 11) is 0. The Bertz CT molecular complexity index is 768. The molecular formula is C18H24Cl2N4O4. The van der Waals surface area contributed by atoms with Crippen LogP contribution in [-0.4, -0.2) is 42.4 Å². The lowest BCUT2D eigenvalue weighted by atomic mass is 10.0. The summed E-state index contributed by atoms with van der Waals surface area (Å²) in [6.07, 6.45) is 2.92. The molecule has 0 aliphatic carbocycles. The standard InChI is InChI=1S/C18H23ClN4O4.ClH/c1-11(2)16(18(25)21-10-12-5-7-20-8-6-12)22-17(24)14-4-3-13(23(26)27)9-15(14)19;/h3-5,9,11,16,20H,6-8,10H2,1-2H3,(H,21,25)(H,22,24);1H. The molecule has 1 aromatic rings. The molecule has 3 N–H and O–H groups in total. The molecule has 1 aromatic carbocycles. The third-order valence-electron chi connectivity index (χ3n) is 4.29. The summed E-state index contributed by atoms with van der Waals surface area (Å²) in [5.41, 5.74) is 1.03. The van der Waals surface area contributed by atoms with Crippen molar-refractivity contribution in [2.75, 3.05) is 19.6 Å². The third-order valence-corrected chi connectivity index (χ3v) is 4.60. The van der Waals surface area contributed by atoms with Gasteiger partial charge in [0, 0.05) is 25.2 Å². The molecule has 8 nitrogen and oxygen atoms in total. The molecule has 2 rings (SSSR count). The van der Waals surface area contributed by atoms with E-state index in [9.17, 15) is 19.7 Å². The Balaban J connectivity index is 0.00000392. The lowest BCUT2D eigenvalue weighted by Gasteiger charge is -2.23. The number of carbonyl (C=O) groups is 2. The van der Waals surface area contributed by atoms with Crippen LogP contribution in [0.4, 0.5) is 5.69 Å². The highest BCUT2D eigenvalue weighted by Crippen LogP contribution is 2.22. The molecule has 154 valence electrons. The van der Waals surface area contributed by atoms with Crippen LogP contribution < -0.4 is 16.0 Å². The van der Waals surface area contributed by atoms with Crippen molar-refractivity contribution in [3.05, 3.63) is 50.5 Å². The van der Waals surface area contributed by atoms with E-state index < -0.39 is 16.9 Å². The topological polar surface area (TPSA) is 113 Å². The van der Waals surface area contributed by atoms with Crippen molar-refractivity contribution < 1.29 is 14.5 Å².